The summed E-state index contributed by atoms with van der Waals surface area (Å²) in [6.07, 6.45) is 0. The molecule has 0 amide bonds. The van der Waals surface area contributed by atoms with Crippen LogP contribution in [0, 0.1) is 6.92 Å². The van der Waals surface area contributed by atoms with Gasteiger partial charge in [-0.2, -0.15) is 9.50 Å². The summed E-state index contributed by atoms with van der Waals surface area (Å²) in [7, 11) is 0. The third-order valence-electron chi connectivity index (χ3n) is 3.63. The molecule has 1 aromatic carbocycles. The van der Waals surface area contributed by atoms with Crippen LogP contribution >= 0.6 is 11.3 Å². The second-order valence-corrected chi connectivity index (χ2v) is 6.44. The summed E-state index contributed by atoms with van der Waals surface area (Å²) in [6, 6.07) is 13.5. The van der Waals surface area contributed by atoms with Crippen LogP contribution in [0.3, 0.4) is 0 Å². The van der Waals surface area contributed by atoms with E-state index in [1.165, 1.54) is 16.1 Å². The van der Waals surface area contributed by atoms with Crippen LogP contribution in [0.5, 0.6) is 0 Å². The molecule has 7 heteroatoms. The van der Waals surface area contributed by atoms with Crippen molar-refractivity contribution in [3.8, 4) is 10.7 Å². The quantitative estimate of drug-likeness (QED) is 0.600. The van der Waals surface area contributed by atoms with Gasteiger partial charge >= 0.3 is 0 Å². The van der Waals surface area contributed by atoms with Gasteiger partial charge in [0.2, 0.25) is 0 Å². The molecule has 0 aliphatic rings. The fourth-order valence-electron chi connectivity index (χ4n) is 2.49. The Balaban J connectivity index is 1.63. The number of fused-ring (bicyclic) bond motifs is 1. The Kier molecular flexibility index (Phi) is 3.62. The number of benzene rings is 1. The van der Waals surface area contributed by atoms with Crippen LogP contribution in [0.15, 0.2) is 52.6 Å². The van der Waals surface area contributed by atoms with Gasteiger partial charge in [0, 0.05) is 11.8 Å². The molecular formula is C17H15N5OS. The van der Waals surface area contributed by atoms with Crippen molar-refractivity contribution < 1.29 is 0 Å². The number of rotatable bonds is 4. The highest BCUT2D eigenvalue weighted by Crippen LogP contribution is 2.20. The van der Waals surface area contributed by atoms with Crippen LogP contribution in [0.1, 0.15) is 11.3 Å². The van der Waals surface area contributed by atoms with E-state index in [0.29, 0.717) is 23.8 Å². The van der Waals surface area contributed by atoms with E-state index >= 15 is 0 Å². The van der Waals surface area contributed by atoms with Crippen LogP contribution in [0.25, 0.3) is 16.5 Å². The number of aryl methyl sites for hydroxylation is 1. The van der Waals surface area contributed by atoms with Crippen LogP contribution in [-0.2, 0) is 6.54 Å². The lowest BCUT2D eigenvalue weighted by molar-refractivity contribution is 0.879. The molecule has 0 fully saturated rings. The smallest absolute Gasteiger partial charge is 0.274 e. The largest absolute Gasteiger partial charge is 0.379 e. The summed E-state index contributed by atoms with van der Waals surface area (Å²) in [6.45, 7) is 2.51. The van der Waals surface area contributed by atoms with Gasteiger partial charge in [0.15, 0.2) is 5.82 Å². The molecule has 0 bridgehead atoms. The topological polar surface area (TPSA) is 75.1 Å². The number of hydrogen-bond acceptors (Lipinski definition) is 5. The fourth-order valence-corrected chi connectivity index (χ4v) is 3.15. The van der Waals surface area contributed by atoms with Gasteiger partial charge < -0.3 is 5.32 Å². The van der Waals surface area contributed by atoms with Crippen molar-refractivity contribution in [3.63, 3.8) is 0 Å². The summed E-state index contributed by atoms with van der Waals surface area (Å²) < 4.78 is 1.37. The van der Waals surface area contributed by atoms with E-state index in [9.17, 15) is 4.79 Å². The first-order chi connectivity index (χ1) is 11.7. The molecule has 0 atom stereocenters. The molecule has 2 N–H and O–H groups in total. The molecule has 0 aliphatic carbocycles. The molecule has 0 saturated carbocycles. The van der Waals surface area contributed by atoms with Gasteiger partial charge in [0.05, 0.1) is 17.1 Å². The molecule has 4 aromatic rings. The molecular weight excluding hydrogens is 322 g/mol. The van der Waals surface area contributed by atoms with Crippen molar-refractivity contribution in [3.05, 3.63) is 69.5 Å². The number of thiophene rings is 1. The molecule has 120 valence electrons. The zero-order valence-corrected chi connectivity index (χ0v) is 13.8. The third-order valence-corrected chi connectivity index (χ3v) is 4.51. The molecule has 24 heavy (non-hydrogen) atoms. The van der Waals surface area contributed by atoms with E-state index in [1.54, 1.807) is 11.3 Å². The molecule has 6 nitrogen and oxygen atoms in total. The van der Waals surface area contributed by atoms with Gasteiger partial charge in [-0.15, -0.1) is 11.3 Å². The molecule has 0 spiro atoms. The second-order valence-electron chi connectivity index (χ2n) is 5.49. The van der Waals surface area contributed by atoms with E-state index in [2.05, 4.69) is 26.4 Å². The Labute approximate surface area is 141 Å². The van der Waals surface area contributed by atoms with Gasteiger partial charge in [-0.05, 0) is 36.1 Å². The summed E-state index contributed by atoms with van der Waals surface area (Å²) in [5, 5.41) is 8.24. The van der Waals surface area contributed by atoms with Gasteiger partial charge in [-0.3, -0.25) is 9.89 Å². The highest BCUT2D eigenvalue weighted by molar-refractivity contribution is 7.13. The number of hydrogen-bond donors (Lipinski definition) is 2. The van der Waals surface area contributed by atoms with E-state index in [0.717, 1.165) is 10.6 Å². The molecule has 4 rings (SSSR count). The normalized spacial score (nSPS) is 11.0. The number of H-pyrrole nitrogens is 1. The van der Waals surface area contributed by atoms with Gasteiger partial charge in [-0.25, -0.2) is 4.98 Å². The van der Waals surface area contributed by atoms with Crippen molar-refractivity contribution in [1.82, 2.24) is 19.6 Å². The Morgan fingerprint density at radius 1 is 1.21 bits per heavy atom. The number of nitrogens with zero attached hydrogens (tertiary/aromatic N) is 3. The summed E-state index contributed by atoms with van der Waals surface area (Å²) in [4.78, 5) is 22.1. The lowest BCUT2D eigenvalue weighted by Crippen LogP contribution is -2.17. The van der Waals surface area contributed by atoms with E-state index < -0.39 is 0 Å². The van der Waals surface area contributed by atoms with Gasteiger partial charge in [0.1, 0.15) is 0 Å². The SMILES string of the molecule is Cc1cccc(NCc2cc(=O)n3[nH]c(-c4cccs4)nc3n2)c1. The van der Waals surface area contributed by atoms with Crippen LogP contribution in [0.2, 0.25) is 0 Å². The molecule has 3 aromatic heterocycles. The predicted molar refractivity (Wildman–Crippen MR) is 95.4 cm³/mol. The summed E-state index contributed by atoms with van der Waals surface area (Å²) in [5.74, 6) is 1.03. The lowest BCUT2D eigenvalue weighted by atomic mass is 10.2. The minimum absolute atomic E-state index is 0.170. The first-order valence-electron chi connectivity index (χ1n) is 7.52. The minimum Gasteiger partial charge on any atom is -0.379 e. The zero-order chi connectivity index (χ0) is 16.5. The molecule has 0 unspecified atom stereocenters. The molecule has 3 heterocycles. The van der Waals surface area contributed by atoms with Crippen molar-refractivity contribution >= 4 is 22.8 Å². The standard InChI is InChI=1S/C17H15N5OS/c1-11-4-2-5-12(8-11)18-10-13-9-15(23)22-17(19-13)20-16(21-22)14-6-3-7-24-14/h2-9,18H,10H2,1H3,(H,19,20,21). The predicted octanol–water partition coefficient (Wildman–Crippen LogP) is 3.07. The Hall–Kier alpha value is -2.93. The van der Waals surface area contributed by atoms with Crippen LogP contribution in [0.4, 0.5) is 5.69 Å². The van der Waals surface area contributed by atoms with Crippen molar-refractivity contribution in [2.45, 2.75) is 13.5 Å². The van der Waals surface area contributed by atoms with Crippen molar-refractivity contribution in [2.75, 3.05) is 5.32 Å². The van der Waals surface area contributed by atoms with E-state index in [-0.39, 0.29) is 5.56 Å². The maximum absolute atomic E-state index is 12.3. The Bertz CT molecular complexity index is 1050. The second kappa shape index (κ2) is 5.93. The van der Waals surface area contributed by atoms with Crippen LogP contribution in [-0.4, -0.2) is 19.6 Å². The highest BCUT2D eigenvalue weighted by Gasteiger charge is 2.10. The average molecular weight is 337 g/mol. The van der Waals surface area contributed by atoms with Gasteiger partial charge in [0.25, 0.3) is 11.3 Å². The number of aromatic amines is 1. The lowest BCUT2D eigenvalue weighted by Gasteiger charge is -2.06. The average Bonchev–Trinajstić information content (AvgIpc) is 3.22. The molecule has 0 radical (unpaired) electrons. The van der Waals surface area contributed by atoms with E-state index in [4.69, 9.17) is 0 Å². The first kappa shape index (κ1) is 14.6. The number of aromatic nitrogens is 4. The van der Waals surface area contributed by atoms with Crippen molar-refractivity contribution in [2.24, 2.45) is 0 Å². The van der Waals surface area contributed by atoms with Gasteiger partial charge in [-0.1, -0.05) is 18.2 Å². The maximum atomic E-state index is 12.3. The first-order valence-corrected chi connectivity index (χ1v) is 8.40. The Morgan fingerprint density at radius 3 is 2.92 bits per heavy atom. The number of anilines is 1. The van der Waals surface area contributed by atoms with E-state index in [1.807, 2.05) is 42.6 Å². The maximum Gasteiger partial charge on any atom is 0.274 e. The third kappa shape index (κ3) is 2.81. The molecule has 0 aliphatic heterocycles. The fraction of sp³-hybridized carbons (Fsp3) is 0.118. The highest BCUT2D eigenvalue weighted by atomic mass is 32.1. The van der Waals surface area contributed by atoms with Crippen molar-refractivity contribution in [1.29, 1.82) is 0 Å². The zero-order valence-electron chi connectivity index (χ0n) is 13.0. The number of nitrogens with one attached hydrogen (secondary N) is 2. The van der Waals surface area contributed by atoms with Crippen LogP contribution < -0.4 is 10.9 Å². The molecule has 0 saturated heterocycles. The minimum atomic E-state index is -0.170. The summed E-state index contributed by atoms with van der Waals surface area (Å²) >= 11 is 1.56. The summed E-state index contributed by atoms with van der Waals surface area (Å²) in [5.41, 5.74) is 2.66. The Morgan fingerprint density at radius 2 is 2.12 bits per heavy atom. The monoisotopic (exact) mass is 337 g/mol.